The van der Waals surface area contributed by atoms with Gasteiger partial charge in [-0.05, 0) is 58.1 Å². The van der Waals surface area contributed by atoms with Crippen LogP contribution in [-0.4, -0.2) is 19.5 Å². The first-order valence-electron chi connectivity index (χ1n) is 17.1. The van der Waals surface area contributed by atoms with E-state index < -0.39 is 0 Å². The molecule has 0 saturated heterocycles. The number of nitrogens with zero attached hydrogens (tertiary/aromatic N) is 4. The highest BCUT2D eigenvalue weighted by Crippen LogP contribution is 2.42. The van der Waals surface area contributed by atoms with Gasteiger partial charge < -0.3 is 4.42 Å². The first-order chi connectivity index (χ1) is 25.2. The number of benzene rings is 7. The summed E-state index contributed by atoms with van der Waals surface area (Å²) in [7, 11) is 0. The minimum atomic E-state index is 0.545. The fraction of sp³-hybridized carbons (Fsp3) is 0.0217. The van der Waals surface area contributed by atoms with Gasteiger partial charge in [-0.1, -0.05) is 134 Å². The molecule has 0 spiro atoms. The van der Waals surface area contributed by atoms with E-state index in [4.69, 9.17) is 19.4 Å². The molecule has 3 aromatic heterocycles. The molecule has 0 saturated carbocycles. The zero-order chi connectivity index (χ0) is 34.1. The second-order valence-corrected chi connectivity index (χ2v) is 12.8. The van der Waals surface area contributed by atoms with Gasteiger partial charge in [-0.3, -0.25) is 4.57 Å². The molecule has 0 bridgehead atoms. The van der Waals surface area contributed by atoms with Crippen molar-refractivity contribution in [3.63, 3.8) is 0 Å². The van der Waals surface area contributed by atoms with Crippen molar-refractivity contribution in [3.05, 3.63) is 157 Å². The van der Waals surface area contributed by atoms with Crippen LogP contribution in [0.15, 0.2) is 151 Å². The van der Waals surface area contributed by atoms with Gasteiger partial charge in [0.05, 0.1) is 11.0 Å². The van der Waals surface area contributed by atoms with E-state index in [0.29, 0.717) is 17.6 Å². The van der Waals surface area contributed by atoms with Gasteiger partial charge >= 0.3 is 0 Å². The summed E-state index contributed by atoms with van der Waals surface area (Å²) >= 11 is 0. The monoisotopic (exact) mass is 654 g/mol. The molecule has 10 aromatic rings. The fourth-order valence-electron chi connectivity index (χ4n) is 7.74. The minimum absolute atomic E-state index is 0.545. The van der Waals surface area contributed by atoms with Crippen LogP contribution >= 0.6 is 0 Å². The Morgan fingerprint density at radius 3 is 2.10 bits per heavy atom. The lowest BCUT2D eigenvalue weighted by Gasteiger charge is -2.12. The van der Waals surface area contributed by atoms with Gasteiger partial charge in [-0.2, -0.15) is 9.97 Å². The van der Waals surface area contributed by atoms with Gasteiger partial charge in [0.2, 0.25) is 5.95 Å². The summed E-state index contributed by atoms with van der Waals surface area (Å²) in [5.41, 5.74) is 5.47. The predicted molar refractivity (Wildman–Crippen MR) is 212 cm³/mol. The maximum absolute atomic E-state index is 6.30. The number of hydrogen-bond donors (Lipinski definition) is 0. The van der Waals surface area contributed by atoms with Gasteiger partial charge in [-0.25, -0.2) is 4.98 Å². The van der Waals surface area contributed by atoms with Gasteiger partial charge in [-0.15, -0.1) is 0 Å². The van der Waals surface area contributed by atoms with Crippen LogP contribution < -0.4 is 0 Å². The zero-order valence-corrected chi connectivity index (χ0v) is 27.8. The van der Waals surface area contributed by atoms with Gasteiger partial charge in [0.15, 0.2) is 11.6 Å². The SMILES string of the molecule is C=Cc1c(/C=C\C)oc2cccc(-c3nc(-c4ccccc4)nc(-n4c5ccccc5c5c6c(ccc7ccc8ccccc8c76)ccc54)n3)c12. The molecule has 10 rings (SSSR count). The van der Waals surface area contributed by atoms with Gasteiger partial charge in [0.1, 0.15) is 11.3 Å². The number of furan rings is 1. The number of rotatable bonds is 5. The van der Waals surface area contributed by atoms with E-state index in [2.05, 4.69) is 102 Å². The standard InChI is InChI=1S/C46H30N4O/c1-3-13-38-32(4-2)42-35(19-12-21-39(42)51-38)45-47-44(31-15-6-5-7-16-31)48-46(49-45)50-36-20-11-10-18-34(36)43-37(50)27-26-30-25-24-29-23-22-28-14-8-9-17-33(28)40(29)41(30)43/h3-27H,2H2,1H3/b13-3-. The molecule has 0 fully saturated rings. The quantitative estimate of drug-likeness (QED) is 0.173. The van der Waals surface area contributed by atoms with E-state index in [9.17, 15) is 0 Å². The number of hydrogen-bond acceptors (Lipinski definition) is 4. The summed E-state index contributed by atoms with van der Waals surface area (Å²) in [4.78, 5) is 15.6. The lowest BCUT2D eigenvalue weighted by molar-refractivity contribution is 0.603. The number of fused-ring (bicyclic) bond motifs is 10. The van der Waals surface area contributed by atoms with Crippen molar-refractivity contribution in [3.8, 4) is 28.7 Å². The molecule has 5 heteroatoms. The molecule has 0 aliphatic carbocycles. The van der Waals surface area contributed by atoms with Crippen LogP contribution in [0.3, 0.4) is 0 Å². The maximum Gasteiger partial charge on any atom is 0.238 e. The van der Waals surface area contributed by atoms with Crippen molar-refractivity contribution in [2.75, 3.05) is 0 Å². The Labute approximate surface area is 293 Å². The van der Waals surface area contributed by atoms with Crippen LogP contribution in [0.1, 0.15) is 18.2 Å². The van der Waals surface area contributed by atoms with Crippen molar-refractivity contribution in [1.82, 2.24) is 19.5 Å². The van der Waals surface area contributed by atoms with E-state index >= 15 is 0 Å². The molecular formula is C46H30N4O. The molecule has 0 aliphatic rings. The molecule has 240 valence electrons. The Morgan fingerprint density at radius 1 is 0.569 bits per heavy atom. The van der Waals surface area contributed by atoms with Gasteiger partial charge in [0.25, 0.3) is 0 Å². The van der Waals surface area contributed by atoms with E-state index in [1.54, 1.807) is 0 Å². The number of para-hydroxylation sites is 1. The first kappa shape index (κ1) is 29.1. The maximum atomic E-state index is 6.30. The second-order valence-electron chi connectivity index (χ2n) is 12.8. The van der Waals surface area contributed by atoms with E-state index in [0.717, 1.165) is 49.8 Å². The van der Waals surface area contributed by atoms with Gasteiger partial charge in [0, 0.05) is 38.2 Å². The summed E-state index contributed by atoms with van der Waals surface area (Å²) in [5.74, 6) is 2.45. The summed E-state index contributed by atoms with van der Waals surface area (Å²) in [5, 5.41) is 10.6. The molecule has 0 amide bonds. The van der Waals surface area contributed by atoms with Crippen LogP contribution in [0.4, 0.5) is 0 Å². The van der Waals surface area contributed by atoms with Crippen molar-refractivity contribution < 1.29 is 4.42 Å². The van der Waals surface area contributed by atoms with Crippen molar-refractivity contribution in [2.45, 2.75) is 6.92 Å². The summed E-state index contributed by atoms with van der Waals surface area (Å²) in [6, 6.07) is 46.7. The third-order valence-electron chi connectivity index (χ3n) is 9.92. The molecule has 3 heterocycles. The van der Waals surface area contributed by atoms with Crippen LogP contribution in [-0.2, 0) is 0 Å². The number of allylic oxidation sites excluding steroid dienone is 1. The van der Waals surface area contributed by atoms with Crippen molar-refractivity contribution >= 4 is 77.2 Å². The normalized spacial score (nSPS) is 12.0. The van der Waals surface area contributed by atoms with Crippen LogP contribution in [0.2, 0.25) is 0 Å². The third-order valence-corrected chi connectivity index (χ3v) is 9.92. The molecule has 7 aromatic carbocycles. The molecular weight excluding hydrogens is 625 g/mol. The lowest BCUT2D eigenvalue weighted by Crippen LogP contribution is -2.06. The summed E-state index contributed by atoms with van der Waals surface area (Å²) < 4.78 is 8.49. The minimum Gasteiger partial charge on any atom is -0.456 e. The Kier molecular flexibility index (Phi) is 6.48. The Hall–Kier alpha value is -6.85. The number of aromatic nitrogens is 4. The summed E-state index contributed by atoms with van der Waals surface area (Å²) in [6.45, 7) is 6.11. The van der Waals surface area contributed by atoms with E-state index in [1.807, 2.05) is 67.6 Å². The first-order valence-corrected chi connectivity index (χ1v) is 17.1. The highest BCUT2D eigenvalue weighted by molar-refractivity contribution is 6.32. The second kappa shape index (κ2) is 11.4. The Bertz CT molecular complexity index is 3050. The molecule has 0 aliphatic heterocycles. The average molecular weight is 655 g/mol. The Balaban J connectivity index is 1.34. The van der Waals surface area contributed by atoms with Crippen molar-refractivity contribution in [2.24, 2.45) is 0 Å². The largest absolute Gasteiger partial charge is 0.456 e. The molecule has 0 atom stereocenters. The highest BCUT2D eigenvalue weighted by atomic mass is 16.3. The molecule has 0 radical (unpaired) electrons. The molecule has 5 nitrogen and oxygen atoms in total. The molecule has 51 heavy (non-hydrogen) atoms. The lowest BCUT2D eigenvalue weighted by atomic mass is 9.94. The predicted octanol–water partition coefficient (Wildman–Crippen LogP) is 12.2. The fourth-order valence-corrected chi connectivity index (χ4v) is 7.74. The van der Waals surface area contributed by atoms with Crippen LogP contribution in [0.25, 0.3) is 106 Å². The smallest absolute Gasteiger partial charge is 0.238 e. The topological polar surface area (TPSA) is 56.7 Å². The average Bonchev–Trinajstić information content (AvgIpc) is 3.73. The Morgan fingerprint density at radius 2 is 1.27 bits per heavy atom. The molecule has 0 N–H and O–H groups in total. The third kappa shape index (κ3) is 4.38. The van der Waals surface area contributed by atoms with Crippen LogP contribution in [0.5, 0.6) is 0 Å². The van der Waals surface area contributed by atoms with E-state index in [-0.39, 0.29) is 0 Å². The highest BCUT2D eigenvalue weighted by Gasteiger charge is 2.22. The van der Waals surface area contributed by atoms with Crippen molar-refractivity contribution in [1.29, 1.82) is 0 Å². The van der Waals surface area contributed by atoms with Crippen LogP contribution in [0, 0.1) is 0 Å². The van der Waals surface area contributed by atoms with E-state index in [1.165, 1.54) is 37.7 Å². The molecule has 0 unspecified atom stereocenters. The zero-order valence-electron chi connectivity index (χ0n) is 27.8. The summed E-state index contributed by atoms with van der Waals surface area (Å²) in [6.07, 6.45) is 5.78.